The smallest absolute Gasteiger partial charge is 0.267 e. The van der Waals surface area contributed by atoms with E-state index in [0.717, 1.165) is 0 Å². The maximum atomic E-state index is 11.0. The quantitative estimate of drug-likeness (QED) is 0.673. The summed E-state index contributed by atoms with van der Waals surface area (Å²) in [6.07, 6.45) is 0.508. The topological polar surface area (TPSA) is 109 Å². The van der Waals surface area contributed by atoms with Gasteiger partial charge in [-0.15, -0.1) is 0 Å². The fourth-order valence-corrected chi connectivity index (χ4v) is 3.53. The molecule has 0 aliphatic rings. The summed E-state index contributed by atoms with van der Waals surface area (Å²) in [6.45, 7) is 3.26. The predicted molar refractivity (Wildman–Crippen MR) is 60.5 cm³/mol. The first-order chi connectivity index (χ1) is 7.12. The molecule has 2 N–H and O–H groups in total. The zero-order chi connectivity index (χ0) is 13.0. The van der Waals surface area contributed by atoms with Crippen LogP contribution < -0.4 is 0 Å². The monoisotopic (exact) mass is 274 g/mol. The van der Waals surface area contributed by atoms with Crippen molar-refractivity contribution in [3.05, 3.63) is 0 Å². The first-order valence-electron chi connectivity index (χ1n) is 5.05. The number of hydrogen-bond donors (Lipinski definition) is 2. The predicted octanol–water partition coefficient (Wildman–Crippen LogP) is 1.10. The van der Waals surface area contributed by atoms with Gasteiger partial charge in [0.1, 0.15) is 0 Å². The van der Waals surface area contributed by atoms with E-state index < -0.39 is 30.7 Å². The molecule has 0 saturated carbocycles. The van der Waals surface area contributed by atoms with Crippen molar-refractivity contribution < 1.29 is 25.9 Å². The Hall–Kier alpha value is -0.180. The Morgan fingerprint density at radius 2 is 1.38 bits per heavy atom. The molecule has 0 aliphatic heterocycles. The third-order valence-corrected chi connectivity index (χ3v) is 5.07. The second-order valence-corrected chi connectivity index (χ2v) is 7.10. The minimum absolute atomic E-state index is 0.106. The highest BCUT2D eigenvalue weighted by molar-refractivity contribution is 7.87. The van der Waals surface area contributed by atoms with Crippen molar-refractivity contribution in [1.82, 2.24) is 0 Å². The molecule has 0 aromatic rings. The van der Waals surface area contributed by atoms with E-state index in [1.54, 1.807) is 6.92 Å². The summed E-state index contributed by atoms with van der Waals surface area (Å²) < 4.78 is 61.5. The summed E-state index contributed by atoms with van der Waals surface area (Å²) >= 11 is 0. The Morgan fingerprint density at radius 3 is 1.62 bits per heavy atom. The van der Waals surface area contributed by atoms with Crippen LogP contribution >= 0.6 is 0 Å². The molecule has 0 heterocycles. The average Bonchev–Trinajstić information content (AvgIpc) is 2.07. The van der Waals surface area contributed by atoms with Crippen molar-refractivity contribution in [2.75, 3.05) is 0 Å². The fourth-order valence-electron chi connectivity index (χ4n) is 1.50. The summed E-state index contributed by atoms with van der Waals surface area (Å²) in [6, 6.07) is 0. The van der Waals surface area contributed by atoms with Crippen molar-refractivity contribution in [2.24, 2.45) is 0 Å². The molecule has 0 saturated heterocycles. The van der Waals surface area contributed by atoms with Gasteiger partial charge in [-0.1, -0.05) is 20.3 Å². The summed E-state index contributed by atoms with van der Waals surface area (Å²) in [5, 5.41) is -2.28. The van der Waals surface area contributed by atoms with E-state index in [0.29, 0.717) is 6.42 Å². The minimum Gasteiger partial charge on any atom is -0.285 e. The molecule has 8 heteroatoms. The molecule has 0 aromatic carbocycles. The van der Waals surface area contributed by atoms with Crippen LogP contribution in [0.15, 0.2) is 0 Å². The van der Waals surface area contributed by atoms with Gasteiger partial charge in [0.05, 0.1) is 10.5 Å². The third kappa shape index (κ3) is 5.24. The van der Waals surface area contributed by atoms with Crippen LogP contribution in [0, 0.1) is 0 Å². The van der Waals surface area contributed by atoms with E-state index in [1.165, 1.54) is 6.92 Å². The van der Waals surface area contributed by atoms with Crippen LogP contribution in [0.2, 0.25) is 0 Å². The maximum Gasteiger partial charge on any atom is 0.267 e. The van der Waals surface area contributed by atoms with E-state index >= 15 is 0 Å². The van der Waals surface area contributed by atoms with Crippen LogP contribution in [-0.4, -0.2) is 36.4 Å². The highest BCUT2D eigenvalue weighted by Gasteiger charge is 2.30. The highest BCUT2D eigenvalue weighted by atomic mass is 32.2. The van der Waals surface area contributed by atoms with E-state index in [2.05, 4.69) is 0 Å². The van der Waals surface area contributed by atoms with E-state index in [1.807, 2.05) is 0 Å². The summed E-state index contributed by atoms with van der Waals surface area (Å²) in [5.74, 6) is 0. The number of hydrogen-bond acceptors (Lipinski definition) is 4. The molecule has 0 fully saturated rings. The van der Waals surface area contributed by atoms with Crippen LogP contribution in [0.1, 0.15) is 39.5 Å². The lowest BCUT2D eigenvalue weighted by Crippen LogP contribution is -2.30. The van der Waals surface area contributed by atoms with Crippen LogP contribution in [0.5, 0.6) is 0 Å². The molecule has 2 unspecified atom stereocenters. The summed E-state index contributed by atoms with van der Waals surface area (Å²) in [7, 11) is -8.53. The molecule has 0 rings (SSSR count). The van der Waals surface area contributed by atoms with Gasteiger partial charge in [-0.2, -0.15) is 16.8 Å². The van der Waals surface area contributed by atoms with Gasteiger partial charge in [-0.3, -0.25) is 9.11 Å². The minimum atomic E-state index is -4.27. The van der Waals surface area contributed by atoms with E-state index in [4.69, 9.17) is 9.11 Å². The molecule has 0 amide bonds. The summed E-state index contributed by atoms with van der Waals surface area (Å²) in [4.78, 5) is 0. The lowest BCUT2D eigenvalue weighted by Gasteiger charge is -2.17. The largest absolute Gasteiger partial charge is 0.285 e. The molecule has 0 bridgehead atoms. The lowest BCUT2D eigenvalue weighted by molar-refractivity contribution is 0.435. The van der Waals surface area contributed by atoms with Crippen molar-refractivity contribution in [2.45, 2.75) is 50.0 Å². The Balaban J connectivity index is 4.88. The summed E-state index contributed by atoms with van der Waals surface area (Å²) in [5.41, 5.74) is 0. The second-order valence-electron chi connectivity index (χ2n) is 3.71. The average molecular weight is 274 g/mol. The first kappa shape index (κ1) is 15.8. The van der Waals surface area contributed by atoms with E-state index in [-0.39, 0.29) is 19.3 Å². The van der Waals surface area contributed by atoms with Crippen molar-refractivity contribution in [3.8, 4) is 0 Å². The molecular weight excluding hydrogens is 256 g/mol. The SMILES string of the molecule is CCCC(CC(CC)S(=O)(=O)O)S(=O)(=O)O. The Kier molecular flexibility index (Phi) is 5.88. The van der Waals surface area contributed by atoms with Crippen LogP contribution in [0.25, 0.3) is 0 Å². The highest BCUT2D eigenvalue weighted by Crippen LogP contribution is 2.19. The first-order valence-corrected chi connectivity index (χ1v) is 8.06. The van der Waals surface area contributed by atoms with Crippen molar-refractivity contribution in [1.29, 1.82) is 0 Å². The Labute approximate surface area is 96.6 Å². The molecule has 0 spiro atoms. The van der Waals surface area contributed by atoms with Gasteiger partial charge >= 0.3 is 0 Å². The van der Waals surface area contributed by atoms with Gasteiger partial charge in [0.25, 0.3) is 20.2 Å². The van der Waals surface area contributed by atoms with E-state index in [9.17, 15) is 16.8 Å². The lowest BCUT2D eigenvalue weighted by atomic mass is 10.1. The standard InChI is InChI=1S/C8H18O6S2/c1-3-5-8(16(12,13)14)6-7(4-2)15(9,10)11/h7-8H,3-6H2,1-2H3,(H,9,10,11)(H,12,13,14). The molecule has 2 atom stereocenters. The Bertz CT molecular complexity index is 396. The van der Waals surface area contributed by atoms with Crippen molar-refractivity contribution >= 4 is 20.2 Å². The number of rotatable bonds is 7. The zero-order valence-corrected chi connectivity index (χ0v) is 11.0. The Morgan fingerprint density at radius 1 is 0.938 bits per heavy atom. The zero-order valence-electron chi connectivity index (χ0n) is 9.33. The second kappa shape index (κ2) is 5.95. The molecule has 98 valence electrons. The third-order valence-electron chi connectivity index (χ3n) is 2.43. The van der Waals surface area contributed by atoms with Gasteiger partial charge in [0, 0.05) is 0 Å². The molecule has 0 aliphatic carbocycles. The van der Waals surface area contributed by atoms with Crippen LogP contribution in [0.4, 0.5) is 0 Å². The fraction of sp³-hybridized carbons (Fsp3) is 1.00. The van der Waals surface area contributed by atoms with Crippen LogP contribution in [-0.2, 0) is 20.2 Å². The molecule has 0 aromatic heterocycles. The molecule has 16 heavy (non-hydrogen) atoms. The molecule has 6 nitrogen and oxygen atoms in total. The molecular formula is C8H18O6S2. The van der Waals surface area contributed by atoms with Gasteiger partial charge in [0.15, 0.2) is 0 Å². The normalized spacial score (nSPS) is 17.0. The van der Waals surface area contributed by atoms with Gasteiger partial charge in [-0.25, -0.2) is 0 Å². The maximum absolute atomic E-state index is 11.0. The van der Waals surface area contributed by atoms with Crippen molar-refractivity contribution in [3.63, 3.8) is 0 Å². The molecule has 0 radical (unpaired) electrons. The van der Waals surface area contributed by atoms with Gasteiger partial charge < -0.3 is 0 Å². The van der Waals surface area contributed by atoms with Gasteiger partial charge in [-0.05, 0) is 19.3 Å². The van der Waals surface area contributed by atoms with Gasteiger partial charge in [0.2, 0.25) is 0 Å². The van der Waals surface area contributed by atoms with Crippen LogP contribution in [0.3, 0.4) is 0 Å².